The lowest BCUT2D eigenvalue weighted by Gasteiger charge is -2.31. The van der Waals surface area contributed by atoms with Crippen LogP contribution in [0.3, 0.4) is 0 Å². The normalized spacial score (nSPS) is 25.2. The van der Waals surface area contributed by atoms with Crippen molar-refractivity contribution in [1.29, 1.82) is 0 Å². The Kier molecular flexibility index (Phi) is 18.9. The first-order valence-corrected chi connectivity index (χ1v) is 20.4. The van der Waals surface area contributed by atoms with Gasteiger partial charge in [0.15, 0.2) is 6.10 Å². The zero-order valence-corrected chi connectivity index (χ0v) is 36.7. The molecule has 0 aromatic heterocycles. The number of hydrogen-bond acceptors (Lipinski definition) is 13. The SMILES string of the molecule is CC(C)C(=O)O[C@H]1[C@H](C)OC(=O)[C@@H](NC(=O)OC(C)(C)C)CCO[C@@H]1Cc1ccc(F)cc1.C[C@@H]1OC(=O)[C@@H](NC(=O)OC(C)(C)C)CCO[C@H](Cc2ccc(F)cc2)[C@H]1O. The van der Waals surface area contributed by atoms with E-state index < -0.39 is 95.9 Å². The standard InChI is InChI=1S/C24H34FNO7.C20H28FNO6/c1-14(2)21(27)32-20-15(3)31-22(28)18(26-23(29)33-24(4,5)6)11-12-30-19(20)13-16-7-9-17(25)10-8-16;1-12-17(23)16(11-13-5-7-14(21)8-6-13)26-10-9-15(18(24)27-12)22-19(25)28-20(2,3)4/h7-10,14-15,18-20H,11-13H2,1-6H3,(H,26,29);5-8,12,15-17,23H,9-11H2,1-4H3,(H,22,25)/t15-,18-,19+,20-;12-,15-,16+,17-/m00/s1. The lowest BCUT2D eigenvalue weighted by Crippen LogP contribution is -2.47. The van der Waals surface area contributed by atoms with Gasteiger partial charge in [-0.05, 0) is 90.8 Å². The molecule has 2 aromatic rings. The molecule has 2 fully saturated rings. The van der Waals surface area contributed by atoms with Crippen molar-refractivity contribution >= 4 is 30.1 Å². The molecule has 0 bridgehead atoms. The second-order valence-corrected chi connectivity index (χ2v) is 17.3. The van der Waals surface area contributed by atoms with Gasteiger partial charge in [-0.3, -0.25) is 4.79 Å². The number of benzene rings is 2. The molecule has 0 aliphatic carbocycles. The average molecular weight is 865 g/mol. The molecule has 2 heterocycles. The van der Waals surface area contributed by atoms with E-state index in [1.165, 1.54) is 24.3 Å². The Morgan fingerprint density at radius 1 is 0.705 bits per heavy atom. The summed E-state index contributed by atoms with van der Waals surface area (Å²) < 4.78 is 65.2. The third kappa shape index (κ3) is 17.9. The summed E-state index contributed by atoms with van der Waals surface area (Å²) in [5, 5.41) is 15.5. The Labute approximate surface area is 356 Å². The Morgan fingerprint density at radius 2 is 1.10 bits per heavy atom. The van der Waals surface area contributed by atoms with Crippen LogP contribution in [0.5, 0.6) is 0 Å². The number of aliphatic hydroxyl groups is 1. The quantitative estimate of drug-likeness (QED) is 0.210. The molecule has 2 aromatic carbocycles. The summed E-state index contributed by atoms with van der Waals surface area (Å²) in [6.45, 7) is 17.1. The maximum Gasteiger partial charge on any atom is 0.408 e. The van der Waals surface area contributed by atoms with Crippen LogP contribution in [-0.4, -0.2) is 108 Å². The van der Waals surface area contributed by atoms with Gasteiger partial charge < -0.3 is 48.9 Å². The molecule has 4 rings (SSSR count). The molecule has 2 amide bonds. The van der Waals surface area contributed by atoms with Crippen LogP contribution in [0.25, 0.3) is 0 Å². The van der Waals surface area contributed by atoms with Crippen molar-refractivity contribution in [1.82, 2.24) is 10.6 Å². The lowest BCUT2D eigenvalue weighted by atomic mass is 10.00. The zero-order valence-electron chi connectivity index (χ0n) is 36.7. The molecule has 0 saturated carbocycles. The Bertz CT molecular complexity index is 1750. The van der Waals surface area contributed by atoms with Gasteiger partial charge in [-0.1, -0.05) is 38.1 Å². The molecular weight excluding hydrogens is 802 g/mol. The van der Waals surface area contributed by atoms with Crippen LogP contribution in [-0.2, 0) is 60.4 Å². The highest BCUT2D eigenvalue weighted by Crippen LogP contribution is 2.23. The summed E-state index contributed by atoms with van der Waals surface area (Å²) in [4.78, 5) is 61.7. The highest BCUT2D eigenvalue weighted by Gasteiger charge is 2.39. The molecule has 61 heavy (non-hydrogen) atoms. The lowest BCUT2D eigenvalue weighted by molar-refractivity contribution is -0.179. The first kappa shape index (κ1) is 50.5. The maximum atomic E-state index is 13.3. The number of hydrogen-bond donors (Lipinski definition) is 3. The number of carbonyl (C=O) groups is 5. The van der Waals surface area contributed by atoms with E-state index in [1.807, 2.05) is 0 Å². The minimum atomic E-state index is -1.07. The van der Waals surface area contributed by atoms with Gasteiger partial charge in [-0.15, -0.1) is 0 Å². The van der Waals surface area contributed by atoms with E-state index in [1.54, 1.807) is 93.5 Å². The summed E-state index contributed by atoms with van der Waals surface area (Å²) in [5.74, 6) is -2.91. The summed E-state index contributed by atoms with van der Waals surface area (Å²) >= 11 is 0. The molecule has 17 heteroatoms. The van der Waals surface area contributed by atoms with Crippen LogP contribution in [0.4, 0.5) is 18.4 Å². The number of aliphatic hydroxyl groups excluding tert-OH is 1. The number of cyclic esters (lactones) is 2. The minimum absolute atomic E-state index is 0.0872. The van der Waals surface area contributed by atoms with Crippen LogP contribution < -0.4 is 10.6 Å². The number of ether oxygens (including phenoxy) is 7. The van der Waals surface area contributed by atoms with Crippen molar-refractivity contribution < 1.29 is 71.0 Å². The van der Waals surface area contributed by atoms with Gasteiger partial charge in [0.25, 0.3) is 0 Å². The molecule has 2 aliphatic rings. The largest absolute Gasteiger partial charge is 0.458 e. The van der Waals surface area contributed by atoms with Crippen molar-refractivity contribution in [2.75, 3.05) is 13.2 Å². The molecule has 2 aliphatic heterocycles. The average Bonchev–Trinajstić information content (AvgIpc) is 3.22. The Balaban J connectivity index is 0.000000330. The van der Waals surface area contributed by atoms with Crippen molar-refractivity contribution in [3.63, 3.8) is 0 Å². The van der Waals surface area contributed by atoms with E-state index in [0.29, 0.717) is 12.8 Å². The number of halogens is 2. The predicted molar refractivity (Wildman–Crippen MR) is 217 cm³/mol. The van der Waals surface area contributed by atoms with Crippen LogP contribution in [0, 0.1) is 17.6 Å². The van der Waals surface area contributed by atoms with Gasteiger partial charge in [0.05, 0.1) is 12.0 Å². The maximum absolute atomic E-state index is 13.3. The number of esters is 3. The van der Waals surface area contributed by atoms with Crippen molar-refractivity contribution in [3.05, 3.63) is 71.3 Å². The van der Waals surface area contributed by atoms with E-state index in [2.05, 4.69) is 10.6 Å². The summed E-state index contributed by atoms with van der Waals surface area (Å²) in [6, 6.07) is 9.87. The van der Waals surface area contributed by atoms with Crippen molar-refractivity contribution in [3.8, 4) is 0 Å². The second-order valence-electron chi connectivity index (χ2n) is 17.3. The molecular formula is C44H62F2N2O13. The highest BCUT2D eigenvalue weighted by molar-refractivity contribution is 5.82. The fraction of sp³-hybridized carbons (Fsp3) is 0.614. The number of nitrogens with one attached hydrogen (secondary N) is 2. The fourth-order valence-electron chi connectivity index (χ4n) is 6.04. The molecule has 2 saturated heterocycles. The number of carbonyl (C=O) groups excluding carboxylic acids is 5. The molecule has 3 N–H and O–H groups in total. The van der Waals surface area contributed by atoms with E-state index >= 15 is 0 Å². The molecule has 340 valence electrons. The van der Waals surface area contributed by atoms with Gasteiger partial charge >= 0.3 is 30.1 Å². The van der Waals surface area contributed by atoms with Gasteiger partial charge in [0, 0.05) is 38.9 Å². The van der Waals surface area contributed by atoms with E-state index in [0.717, 1.165) is 11.1 Å². The topological polar surface area (TPSA) is 194 Å². The third-order valence-electron chi connectivity index (χ3n) is 9.15. The van der Waals surface area contributed by atoms with Crippen molar-refractivity contribution in [2.24, 2.45) is 5.92 Å². The molecule has 15 nitrogen and oxygen atoms in total. The number of alkyl carbamates (subject to hydrolysis) is 2. The van der Waals surface area contributed by atoms with Crippen molar-refractivity contribution in [2.45, 2.75) is 155 Å². The third-order valence-corrected chi connectivity index (χ3v) is 9.15. The zero-order chi connectivity index (χ0) is 45.7. The molecule has 0 radical (unpaired) electrons. The van der Waals surface area contributed by atoms with E-state index in [4.69, 9.17) is 33.2 Å². The second kappa shape index (κ2) is 22.8. The molecule has 0 unspecified atom stereocenters. The van der Waals surface area contributed by atoms with Gasteiger partial charge in [-0.25, -0.2) is 28.0 Å². The Morgan fingerprint density at radius 3 is 1.51 bits per heavy atom. The minimum Gasteiger partial charge on any atom is -0.458 e. The van der Waals surface area contributed by atoms with Gasteiger partial charge in [0.2, 0.25) is 0 Å². The van der Waals surface area contributed by atoms with Crippen LogP contribution in [0.1, 0.15) is 93.2 Å². The predicted octanol–water partition coefficient (Wildman–Crippen LogP) is 5.89. The first-order valence-electron chi connectivity index (χ1n) is 20.4. The fourth-order valence-corrected chi connectivity index (χ4v) is 6.04. The van der Waals surface area contributed by atoms with Crippen LogP contribution >= 0.6 is 0 Å². The number of rotatable bonds is 8. The van der Waals surface area contributed by atoms with Crippen LogP contribution in [0.15, 0.2) is 48.5 Å². The van der Waals surface area contributed by atoms with E-state index in [9.17, 15) is 37.9 Å². The van der Waals surface area contributed by atoms with E-state index in [-0.39, 0.29) is 37.7 Å². The smallest absolute Gasteiger partial charge is 0.408 e. The summed E-state index contributed by atoms with van der Waals surface area (Å²) in [7, 11) is 0. The number of amides is 2. The monoisotopic (exact) mass is 864 g/mol. The van der Waals surface area contributed by atoms with Gasteiger partial charge in [0.1, 0.15) is 59.3 Å². The first-order chi connectivity index (χ1) is 28.4. The molecule has 0 spiro atoms. The van der Waals surface area contributed by atoms with Gasteiger partial charge in [-0.2, -0.15) is 0 Å². The highest BCUT2D eigenvalue weighted by atomic mass is 19.1. The summed E-state index contributed by atoms with van der Waals surface area (Å²) in [5.41, 5.74) is 0.124. The molecule has 8 atom stereocenters. The van der Waals surface area contributed by atoms with Crippen LogP contribution in [0.2, 0.25) is 0 Å². The summed E-state index contributed by atoms with van der Waals surface area (Å²) in [6.07, 6.45) is -5.52. The Hall–Kier alpha value is -4.87.